The molecule has 0 fully saturated rings. The highest BCUT2D eigenvalue weighted by molar-refractivity contribution is 7.07. The first-order valence-electron chi connectivity index (χ1n) is 2.97. The third kappa shape index (κ3) is 1.93. The van der Waals surface area contributed by atoms with Crippen LogP contribution < -0.4 is 5.73 Å². The van der Waals surface area contributed by atoms with Gasteiger partial charge in [0.15, 0.2) is 0 Å². The molecule has 0 bridgehead atoms. The van der Waals surface area contributed by atoms with Crippen LogP contribution >= 0.6 is 11.3 Å². The quantitative estimate of drug-likeness (QED) is 0.697. The molecular formula is C7H8NOS. The maximum absolute atomic E-state index is 9.98. The second kappa shape index (κ2) is 3.49. The van der Waals surface area contributed by atoms with Gasteiger partial charge in [0.25, 0.3) is 0 Å². The molecule has 3 heteroatoms. The van der Waals surface area contributed by atoms with Crippen molar-refractivity contribution in [3.05, 3.63) is 22.4 Å². The van der Waals surface area contributed by atoms with E-state index in [9.17, 15) is 4.79 Å². The molecule has 1 aromatic heterocycles. The van der Waals surface area contributed by atoms with Gasteiger partial charge in [-0.25, -0.2) is 0 Å². The van der Waals surface area contributed by atoms with Crippen LogP contribution in [0.2, 0.25) is 0 Å². The van der Waals surface area contributed by atoms with E-state index in [1.54, 1.807) is 17.6 Å². The van der Waals surface area contributed by atoms with E-state index in [0.29, 0.717) is 6.42 Å². The highest BCUT2D eigenvalue weighted by Crippen LogP contribution is 2.06. The van der Waals surface area contributed by atoms with Crippen LogP contribution in [0.3, 0.4) is 0 Å². The molecule has 10 heavy (non-hydrogen) atoms. The fraction of sp³-hybridized carbons (Fsp3) is 0.286. The second-order valence-electron chi connectivity index (χ2n) is 2.06. The molecule has 2 N–H and O–H groups in total. The molecule has 0 aromatic carbocycles. The van der Waals surface area contributed by atoms with Crippen molar-refractivity contribution in [2.75, 3.05) is 0 Å². The summed E-state index contributed by atoms with van der Waals surface area (Å²) in [5.74, 6) is 0. The van der Waals surface area contributed by atoms with E-state index < -0.39 is 6.04 Å². The molecule has 1 rings (SSSR count). The lowest BCUT2D eigenvalue weighted by Crippen LogP contribution is -2.23. The molecule has 0 saturated carbocycles. The van der Waals surface area contributed by atoms with Crippen molar-refractivity contribution < 1.29 is 4.79 Å². The van der Waals surface area contributed by atoms with Gasteiger partial charge >= 0.3 is 0 Å². The van der Waals surface area contributed by atoms with E-state index in [1.165, 1.54) is 0 Å². The highest BCUT2D eigenvalue weighted by Gasteiger charge is 2.01. The molecular weight excluding hydrogens is 146 g/mol. The first kappa shape index (κ1) is 7.44. The number of nitrogens with two attached hydrogens (primary N) is 1. The monoisotopic (exact) mass is 154 g/mol. The predicted octanol–water partition coefficient (Wildman–Crippen LogP) is 0.728. The summed E-state index contributed by atoms with van der Waals surface area (Å²) < 4.78 is 0. The van der Waals surface area contributed by atoms with Gasteiger partial charge in [-0.3, -0.25) is 4.79 Å². The normalized spacial score (nSPS) is 12.9. The van der Waals surface area contributed by atoms with Crippen molar-refractivity contribution >= 4 is 17.6 Å². The topological polar surface area (TPSA) is 43.1 Å². The molecule has 2 nitrogen and oxygen atoms in total. The van der Waals surface area contributed by atoms with Gasteiger partial charge in [0, 0.05) is 0 Å². The van der Waals surface area contributed by atoms with Crippen LogP contribution in [0.5, 0.6) is 0 Å². The third-order valence-electron chi connectivity index (χ3n) is 1.19. The Morgan fingerprint density at radius 2 is 2.60 bits per heavy atom. The Kier molecular flexibility index (Phi) is 2.59. The smallest absolute Gasteiger partial charge is 0.217 e. The maximum atomic E-state index is 9.98. The van der Waals surface area contributed by atoms with Gasteiger partial charge in [0.05, 0.1) is 6.04 Å². The highest BCUT2D eigenvalue weighted by atomic mass is 32.1. The zero-order valence-corrected chi connectivity index (χ0v) is 6.23. The van der Waals surface area contributed by atoms with E-state index in [0.717, 1.165) is 5.56 Å². The van der Waals surface area contributed by atoms with Crippen LogP contribution in [0.25, 0.3) is 0 Å². The molecule has 53 valence electrons. The summed E-state index contributed by atoms with van der Waals surface area (Å²) in [6, 6.07) is 1.50. The molecule has 0 aliphatic heterocycles. The lowest BCUT2D eigenvalue weighted by atomic mass is 10.1. The Balaban J connectivity index is 2.47. The van der Waals surface area contributed by atoms with Crippen molar-refractivity contribution in [2.45, 2.75) is 12.5 Å². The van der Waals surface area contributed by atoms with Gasteiger partial charge in [-0.1, -0.05) is 0 Å². The Hall–Kier alpha value is -0.670. The Labute approximate surface area is 63.7 Å². The van der Waals surface area contributed by atoms with Crippen molar-refractivity contribution in [2.24, 2.45) is 5.73 Å². The molecule has 0 saturated heterocycles. The summed E-state index contributed by atoms with van der Waals surface area (Å²) in [6.07, 6.45) is 2.34. The van der Waals surface area contributed by atoms with Crippen molar-refractivity contribution in [3.8, 4) is 0 Å². The molecule has 1 atom stereocenters. The van der Waals surface area contributed by atoms with Gasteiger partial charge in [-0.15, -0.1) is 0 Å². The second-order valence-corrected chi connectivity index (χ2v) is 2.84. The molecule has 0 amide bonds. The van der Waals surface area contributed by atoms with Crippen LogP contribution in [0.1, 0.15) is 5.56 Å². The Morgan fingerprint density at radius 3 is 3.10 bits per heavy atom. The SMILES string of the molecule is N[C@H]([C]=O)Cc1ccsc1. The summed E-state index contributed by atoms with van der Waals surface area (Å²) in [5, 5.41) is 3.95. The number of rotatable bonds is 3. The average molecular weight is 154 g/mol. The zero-order valence-electron chi connectivity index (χ0n) is 5.41. The number of thiophene rings is 1. The van der Waals surface area contributed by atoms with E-state index in [4.69, 9.17) is 5.73 Å². The predicted molar refractivity (Wildman–Crippen MR) is 41.7 cm³/mol. The first-order valence-corrected chi connectivity index (χ1v) is 3.91. The maximum Gasteiger partial charge on any atom is 0.217 e. The first-order chi connectivity index (χ1) is 4.83. The minimum absolute atomic E-state index is 0.463. The third-order valence-corrected chi connectivity index (χ3v) is 1.92. The zero-order chi connectivity index (χ0) is 7.40. The lowest BCUT2D eigenvalue weighted by Gasteiger charge is -1.97. The van der Waals surface area contributed by atoms with Crippen LogP contribution in [-0.4, -0.2) is 12.3 Å². The standard InChI is InChI=1S/C7H8NOS/c8-7(4-9)3-6-1-2-10-5-6/h1-2,5,7H,3,8H2/t7-/m0/s1. The summed E-state index contributed by atoms with van der Waals surface area (Å²) in [5.41, 5.74) is 6.46. The Morgan fingerprint density at radius 1 is 1.80 bits per heavy atom. The molecule has 0 spiro atoms. The molecule has 1 aromatic rings. The lowest BCUT2D eigenvalue weighted by molar-refractivity contribution is 0.541. The Bertz CT molecular complexity index is 195. The molecule has 0 unspecified atom stereocenters. The number of hydrogen-bond acceptors (Lipinski definition) is 3. The average Bonchev–Trinajstić information content (AvgIpc) is 2.40. The van der Waals surface area contributed by atoms with Gasteiger partial charge in [-0.05, 0) is 28.8 Å². The minimum atomic E-state index is -0.463. The summed E-state index contributed by atoms with van der Waals surface area (Å²) in [6.45, 7) is 0. The fourth-order valence-electron chi connectivity index (χ4n) is 0.704. The number of carbonyl (C=O) groups excluding carboxylic acids is 1. The van der Waals surface area contributed by atoms with Crippen LogP contribution in [0.15, 0.2) is 16.8 Å². The molecule has 0 aliphatic carbocycles. The molecule has 1 heterocycles. The summed E-state index contributed by atoms with van der Waals surface area (Å²) in [7, 11) is 0. The van der Waals surface area contributed by atoms with Crippen LogP contribution in [0.4, 0.5) is 0 Å². The number of hydrogen-bond donors (Lipinski definition) is 1. The summed E-state index contributed by atoms with van der Waals surface area (Å²) in [4.78, 5) is 9.98. The van der Waals surface area contributed by atoms with Crippen molar-refractivity contribution in [1.82, 2.24) is 0 Å². The van der Waals surface area contributed by atoms with E-state index >= 15 is 0 Å². The van der Waals surface area contributed by atoms with E-state index in [-0.39, 0.29) is 0 Å². The fourth-order valence-corrected chi connectivity index (χ4v) is 1.39. The van der Waals surface area contributed by atoms with Gasteiger partial charge in [-0.2, -0.15) is 11.3 Å². The van der Waals surface area contributed by atoms with E-state index in [2.05, 4.69) is 0 Å². The largest absolute Gasteiger partial charge is 0.321 e. The molecule has 0 aliphatic rings. The van der Waals surface area contributed by atoms with Gasteiger partial charge in [0.1, 0.15) is 0 Å². The van der Waals surface area contributed by atoms with Gasteiger partial charge in [0.2, 0.25) is 6.29 Å². The van der Waals surface area contributed by atoms with Crippen molar-refractivity contribution in [1.29, 1.82) is 0 Å². The summed E-state index contributed by atoms with van der Waals surface area (Å²) >= 11 is 1.61. The minimum Gasteiger partial charge on any atom is -0.321 e. The van der Waals surface area contributed by atoms with Gasteiger partial charge < -0.3 is 5.73 Å². The molecule has 1 radical (unpaired) electrons. The van der Waals surface area contributed by atoms with Crippen LogP contribution in [-0.2, 0) is 11.2 Å². The van der Waals surface area contributed by atoms with Crippen LogP contribution in [0, 0.1) is 0 Å². The van der Waals surface area contributed by atoms with Crippen molar-refractivity contribution in [3.63, 3.8) is 0 Å². The van der Waals surface area contributed by atoms with E-state index in [1.807, 2.05) is 16.8 Å².